The molecule has 0 aliphatic carbocycles. The van der Waals surface area contributed by atoms with Gasteiger partial charge in [0.25, 0.3) is 0 Å². The van der Waals surface area contributed by atoms with Gasteiger partial charge in [0.1, 0.15) is 0 Å². The summed E-state index contributed by atoms with van der Waals surface area (Å²) in [5.74, 6) is 0. The Morgan fingerprint density at radius 2 is 1.44 bits per heavy atom. The molecule has 0 amide bonds. The van der Waals surface area contributed by atoms with Crippen LogP contribution in [0.15, 0.2) is 0 Å². The number of halogens is 1. The maximum atomic E-state index is 4.98. The Bertz CT molecular complexity index is 34.1. The average molecular weight is 188 g/mol. The third-order valence-corrected chi connectivity index (χ3v) is 1.68. The third kappa shape index (κ3) is 17.6. The van der Waals surface area contributed by atoms with Crippen molar-refractivity contribution in [3.8, 4) is 0 Å². The molecule has 0 saturated heterocycles. The van der Waals surface area contributed by atoms with Crippen molar-refractivity contribution in [1.82, 2.24) is 0 Å². The molecule has 0 aliphatic rings. The van der Waals surface area contributed by atoms with Crippen molar-refractivity contribution in [1.29, 1.82) is 0 Å². The van der Waals surface area contributed by atoms with Gasteiger partial charge in [-0.1, -0.05) is 0 Å². The molecule has 0 heterocycles. The Hall–Kier alpha value is 0.924. The van der Waals surface area contributed by atoms with Crippen LogP contribution < -0.4 is 0 Å². The van der Waals surface area contributed by atoms with Gasteiger partial charge in [-0.25, -0.2) is 0 Å². The van der Waals surface area contributed by atoms with Crippen LogP contribution in [0, 0.1) is 0 Å². The fraction of sp³-hybridized carbons (Fsp3) is 1.00. The summed E-state index contributed by atoms with van der Waals surface area (Å²) in [6, 6.07) is 0. The van der Waals surface area contributed by atoms with E-state index in [9.17, 15) is 0 Å². The van der Waals surface area contributed by atoms with Crippen LogP contribution in [0.1, 0.15) is 13.8 Å². The summed E-state index contributed by atoms with van der Waals surface area (Å²) >= 11 is 4.15. The topological polar surface area (TPSA) is 18.5 Å². The van der Waals surface area contributed by atoms with Crippen LogP contribution in [0.2, 0.25) is 0 Å². The molecule has 0 radical (unpaired) electrons. The SMILES string of the molecule is CC[O][Ti][O]CC.CCl. The van der Waals surface area contributed by atoms with Crippen LogP contribution in [0.5, 0.6) is 0 Å². The van der Waals surface area contributed by atoms with Crippen LogP contribution in [-0.2, 0) is 26.6 Å². The summed E-state index contributed by atoms with van der Waals surface area (Å²) in [5.41, 5.74) is 0. The van der Waals surface area contributed by atoms with Gasteiger partial charge in [-0.05, 0) is 0 Å². The summed E-state index contributed by atoms with van der Waals surface area (Å²) in [6.07, 6.45) is 1.47. The van der Waals surface area contributed by atoms with E-state index in [1.54, 1.807) is 0 Å². The molecule has 0 aromatic rings. The molecule has 0 aliphatic heterocycles. The van der Waals surface area contributed by atoms with Gasteiger partial charge in [-0.2, -0.15) is 0 Å². The van der Waals surface area contributed by atoms with Crippen LogP contribution in [-0.4, -0.2) is 19.6 Å². The number of hydrogen-bond donors (Lipinski definition) is 0. The van der Waals surface area contributed by atoms with Crippen molar-refractivity contribution in [2.45, 2.75) is 13.8 Å². The second-order valence-electron chi connectivity index (χ2n) is 0.949. The quantitative estimate of drug-likeness (QED) is 0.381. The van der Waals surface area contributed by atoms with Crippen molar-refractivity contribution in [2.75, 3.05) is 19.6 Å². The van der Waals surface area contributed by atoms with E-state index in [0.29, 0.717) is 0 Å². The van der Waals surface area contributed by atoms with E-state index in [1.165, 1.54) is 6.38 Å². The molecule has 0 bridgehead atoms. The van der Waals surface area contributed by atoms with Crippen LogP contribution in [0.4, 0.5) is 0 Å². The molecule has 0 spiro atoms. The average Bonchev–Trinajstić information content (AvgIpc) is 1.94. The van der Waals surface area contributed by atoms with Gasteiger partial charge in [0, 0.05) is 6.38 Å². The van der Waals surface area contributed by atoms with E-state index < -0.39 is 19.9 Å². The van der Waals surface area contributed by atoms with Crippen molar-refractivity contribution in [3.05, 3.63) is 0 Å². The molecule has 0 N–H and O–H groups in total. The van der Waals surface area contributed by atoms with Gasteiger partial charge >= 0.3 is 53.6 Å². The molecule has 4 heteroatoms. The molecule has 0 unspecified atom stereocenters. The van der Waals surface area contributed by atoms with E-state index in [2.05, 4.69) is 11.6 Å². The van der Waals surface area contributed by atoms with Crippen LogP contribution >= 0.6 is 11.6 Å². The van der Waals surface area contributed by atoms with Crippen LogP contribution in [0.3, 0.4) is 0 Å². The Labute approximate surface area is 71.7 Å². The summed E-state index contributed by atoms with van der Waals surface area (Å²) in [6.45, 7) is 5.53. The fourth-order valence-electron chi connectivity index (χ4n) is 0.160. The van der Waals surface area contributed by atoms with Crippen molar-refractivity contribution < 1.29 is 26.6 Å². The standard InChI is InChI=1S/2C2H5O.CH3Cl.Ti/c2*1-2-3;1-2;/h2*2H2,1H3;1H3;/q2*-1;;+2. The van der Waals surface area contributed by atoms with Gasteiger partial charge in [0.2, 0.25) is 0 Å². The molecule has 2 nitrogen and oxygen atoms in total. The molecule has 0 rings (SSSR count). The van der Waals surface area contributed by atoms with Gasteiger partial charge in [0.05, 0.1) is 0 Å². The minimum atomic E-state index is -0.486. The van der Waals surface area contributed by atoms with Crippen molar-refractivity contribution in [2.24, 2.45) is 0 Å². The Kier molecular flexibility index (Phi) is 22.3. The van der Waals surface area contributed by atoms with Gasteiger partial charge in [0.15, 0.2) is 0 Å². The number of alkyl halides is 1. The van der Waals surface area contributed by atoms with Crippen LogP contribution in [0.25, 0.3) is 0 Å². The van der Waals surface area contributed by atoms with E-state index in [1.807, 2.05) is 13.8 Å². The van der Waals surface area contributed by atoms with E-state index in [-0.39, 0.29) is 0 Å². The Balaban J connectivity index is 0. The summed E-state index contributed by atoms with van der Waals surface area (Å²) in [7, 11) is 0. The molecular formula is C5H13ClO2Ti. The second kappa shape index (κ2) is 16.0. The number of hydrogen-bond acceptors (Lipinski definition) is 2. The predicted octanol–water partition coefficient (Wildman–Crippen LogP) is 1.83. The summed E-state index contributed by atoms with van der Waals surface area (Å²) in [5, 5.41) is 0. The van der Waals surface area contributed by atoms with E-state index in [4.69, 9.17) is 6.64 Å². The molecule has 0 saturated carbocycles. The zero-order valence-electron chi connectivity index (χ0n) is 6.11. The van der Waals surface area contributed by atoms with Crippen molar-refractivity contribution >= 4 is 11.6 Å². The van der Waals surface area contributed by atoms with E-state index in [0.717, 1.165) is 13.2 Å². The zero-order valence-corrected chi connectivity index (χ0v) is 8.43. The molecule has 9 heavy (non-hydrogen) atoms. The van der Waals surface area contributed by atoms with E-state index >= 15 is 0 Å². The third-order valence-electron chi connectivity index (χ3n) is 0.407. The molecule has 0 atom stereocenters. The summed E-state index contributed by atoms with van der Waals surface area (Å²) < 4.78 is 9.95. The molecule has 0 aromatic carbocycles. The molecular weight excluding hydrogens is 175 g/mol. The first-order valence-corrected chi connectivity index (χ1v) is 4.81. The largest absolute Gasteiger partial charge is 0.130 e. The smallest absolute Gasteiger partial charge is 0.0108 e. The monoisotopic (exact) mass is 188 g/mol. The maximum Gasteiger partial charge on any atom is 0.0108 e. The predicted molar refractivity (Wildman–Crippen MR) is 35.0 cm³/mol. The Morgan fingerprint density at radius 3 is 1.67 bits per heavy atom. The fourth-order valence-corrected chi connectivity index (χ4v) is 0.658. The maximum absolute atomic E-state index is 4.98. The molecule has 0 aromatic heterocycles. The number of rotatable bonds is 4. The summed E-state index contributed by atoms with van der Waals surface area (Å²) in [4.78, 5) is 0. The van der Waals surface area contributed by atoms with Crippen molar-refractivity contribution in [3.63, 3.8) is 0 Å². The van der Waals surface area contributed by atoms with Gasteiger partial charge in [-0.3, -0.25) is 0 Å². The molecule has 56 valence electrons. The van der Waals surface area contributed by atoms with Gasteiger partial charge in [-0.15, -0.1) is 11.6 Å². The first-order valence-electron chi connectivity index (χ1n) is 2.78. The zero-order chi connectivity index (χ0) is 7.54. The normalized spacial score (nSPS) is 7.56. The minimum absolute atomic E-state index is 0.486. The first kappa shape index (κ1) is 12.6. The first-order chi connectivity index (χ1) is 4.41. The molecule has 0 fully saturated rings. The Morgan fingerprint density at radius 1 is 1.11 bits per heavy atom. The minimum Gasteiger partial charge on any atom is -0.130 e. The van der Waals surface area contributed by atoms with Gasteiger partial charge < -0.3 is 0 Å². The second-order valence-corrected chi connectivity index (χ2v) is 2.11.